The van der Waals surface area contributed by atoms with Gasteiger partial charge in [0.2, 0.25) is 0 Å². The van der Waals surface area contributed by atoms with E-state index in [1.807, 2.05) is 161 Å². The molecule has 0 spiro atoms. The van der Waals surface area contributed by atoms with Crippen LogP contribution in [0.15, 0.2) is 174 Å². The number of aliphatic hydroxyl groups excluding tert-OH is 5. The van der Waals surface area contributed by atoms with Crippen LogP contribution in [0.25, 0.3) is 0 Å². The fourth-order valence-corrected chi connectivity index (χ4v) is 14.5. The number of benzene rings is 4. The van der Waals surface area contributed by atoms with Gasteiger partial charge >= 0.3 is 22.8 Å². The normalized spacial score (nSPS) is 24.7. The Balaban J connectivity index is 0.000000218. The number of carbonyl (C=O) groups is 1. The van der Waals surface area contributed by atoms with Crippen molar-refractivity contribution in [3.8, 4) is 11.5 Å². The Morgan fingerprint density at radius 3 is 1.06 bits per heavy atom. The van der Waals surface area contributed by atoms with Crippen molar-refractivity contribution in [3.05, 3.63) is 252 Å². The van der Waals surface area contributed by atoms with Crippen LogP contribution in [0.5, 0.6) is 11.5 Å². The zero-order valence-corrected chi connectivity index (χ0v) is 75.6. The Hall–Kier alpha value is -9.48. The Bertz CT molecular complexity index is 4870. The molecule has 0 radical (unpaired) electrons. The molecule has 36 heteroatoms. The third-order valence-electron chi connectivity index (χ3n) is 23.0. The topological polar surface area (TPSA) is 450 Å². The van der Waals surface area contributed by atoms with Crippen LogP contribution >= 0.6 is 11.6 Å². The van der Waals surface area contributed by atoms with Gasteiger partial charge in [0, 0.05) is 68.4 Å². The molecule has 23 atom stereocenters. The van der Waals surface area contributed by atoms with Crippen molar-refractivity contribution in [2.75, 3.05) is 47.5 Å². The maximum absolute atomic E-state index is 12.7. The molecule has 4 aromatic carbocycles. The number of aromatic amines is 3. The van der Waals surface area contributed by atoms with E-state index in [0.717, 1.165) is 32.8 Å². The van der Waals surface area contributed by atoms with E-state index in [-0.39, 0.29) is 61.7 Å². The second-order valence-electron chi connectivity index (χ2n) is 31.7. The highest BCUT2D eigenvalue weighted by molar-refractivity contribution is 6.28. The van der Waals surface area contributed by atoms with Crippen LogP contribution in [0.1, 0.15) is 178 Å². The van der Waals surface area contributed by atoms with Gasteiger partial charge in [-0.3, -0.25) is 52.4 Å². The average molecular weight is 1800 g/mol. The van der Waals surface area contributed by atoms with Crippen molar-refractivity contribution < 1.29 is 91.9 Å². The number of ether oxygens (including phenoxy) is 13. The van der Waals surface area contributed by atoms with Crippen molar-refractivity contribution in [2.45, 2.75) is 276 Å². The third kappa shape index (κ3) is 25.8. The summed E-state index contributed by atoms with van der Waals surface area (Å²) in [6.45, 7) is 26.9. The lowest BCUT2D eigenvalue weighted by Crippen LogP contribution is -2.43. The van der Waals surface area contributed by atoms with Crippen LogP contribution in [-0.2, 0) is 57.0 Å². The van der Waals surface area contributed by atoms with Gasteiger partial charge in [0.05, 0.1) is 81.9 Å². The van der Waals surface area contributed by atoms with Gasteiger partial charge in [-0.25, -0.2) is 19.2 Å². The molecular formula is C91H128ClN9O26. The van der Waals surface area contributed by atoms with Crippen LogP contribution < -0.4 is 54.2 Å². The summed E-state index contributed by atoms with van der Waals surface area (Å²) in [5.74, 6) is 1.64. The summed E-state index contributed by atoms with van der Waals surface area (Å²) >= 11 is 7.22. The number of aryl methyl sites for hydroxylation is 3. The minimum Gasteiger partial charge on any atom is -0.497 e. The van der Waals surface area contributed by atoms with Gasteiger partial charge in [0.25, 0.3) is 22.6 Å². The Morgan fingerprint density at radius 2 is 0.756 bits per heavy atom. The highest BCUT2D eigenvalue weighted by Crippen LogP contribution is 2.45. The number of nitrogens with one attached hydrogen (secondary N) is 4. The predicted octanol–water partition coefficient (Wildman–Crippen LogP) is 8.01. The number of nitrogens with zero attached hydrogens (tertiary/aromatic N) is 5. The summed E-state index contributed by atoms with van der Waals surface area (Å²) in [4.78, 5) is 106. The molecule has 8 heterocycles. The van der Waals surface area contributed by atoms with Crippen LogP contribution in [0.4, 0.5) is 5.82 Å². The number of alkyl halides is 1. The van der Waals surface area contributed by atoms with E-state index in [4.69, 9.17) is 73.2 Å². The van der Waals surface area contributed by atoms with E-state index in [1.165, 1.54) is 51.7 Å². The minimum atomic E-state index is -1.13. The molecule has 9 N–H and O–H groups in total. The van der Waals surface area contributed by atoms with Gasteiger partial charge in [-0.2, -0.15) is 4.98 Å². The third-order valence-corrected chi connectivity index (χ3v) is 23.6. The van der Waals surface area contributed by atoms with Gasteiger partial charge in [-0.05, 0) is 154 Å². The lowest BCUT2D eigenvalue weighted by molar-refractivity contribution is -0.130. The van der Waals surface area contributed by atoms with Crippen LogP contribution in [-0.4, -0.2) is 228 Å². The number of anilines is 1. The molecule has 8 aromatic rings. The highest BCUT2D eigenvalue weighted by atomic mass is 35.5. The summed E-state index contributed by atoms with van der Waals surface area (Å²) in [7, 11) is 8.01. The number of carbonyl (C=O) groups excluding carboxylic acids is 1. The highest BCUT2D eigenvalue weighted by Gasteiger charge is 2.51. The Labute approximate surface area is 743 Å². The number of H-pyrrole nitrogens is 3. The van der Waals surface area contributed by atoms with Crippen molar-refractivity contribution in [1.29, 1.82) is 0 Å². The molecule has 0 aliphatic carbocycles. The van der Waals surface area contributed by atoms with Crippen LogP contribution in [0.2, 0.25) is 0 Å². The largest absolute Gasteiger partial charge is 0.497 e. The molecule has 4 aliphatic heterocycles. The SMILES string of the molecule is C.CC[C@H]1O[C@@H](n2cc(C)c(=O)[nH]c2=O)[C@@H](O[C@H](C)[C@H](C)OC)C1O.CC[C@H]1O[C@@H](n2cc(C)c(=O)[nH]c2=O)[C@@H](O[C@H](C)[C@H](C)OC)C1O.CC[C@H]1O[C@@H](n2ccc(NC(=O)c3ccccc3)nc2=O)[C@@H](O[C@H](C)C(C)C)C1O.CO[C@@H](C)[C@@H](C)O[C@H]1C(O)[C@@H](CO)O[C@H]1n1cc(C)c(=O)[nH]c1=O.COc1ccc(C(Cl)(c2ccccc2)c2ccc(OC)cc2)cc1. The van der Waals surface area contributed by atoms with Crippen LogP contribution in [0.3, 0.4) is 0 Å². The first-order valence-corrected chi connectivity index (χ1v) is 42.4. The quantitative estimate of drug-likeness (QED) is 0.0152. The van der Waals surface area contributed by atoms with E-state index in [9.17, 15) is 63.9 Å². The molecule has 4 unspecified atom stereocenters. The van der Waals surface area contributed by atoms with Gasteiger partial charge in [0.1, 0.15) is 77.1 Å². The lowest BCUT2D eigenvalue weighted by Gasteiger charge is -2.29. The van der Waals surface area contributed by atoms with E-state index in [1.54, 1.807) is 80.4 Å². The van der Waals surface area contributed by atoms with Crippen molar-refractivity contribution in [2.24, 2.45) is 5.92 Å². The van der Waals surface area contributed by atoms with E-state index in [2.05, 4.69) is 25.3 Å². The molecule has 0 saturated carbocycles. The standard InChI is InChI=1S/C22H29N3O5.C21H19ClO2.2C16H26N2O6.C15H24N2O7.CH4/c1-5-16-18(26)19(29-14(4)13(2)3)21(30-16)25-12-11-17(24-22(25)28)23-20(27)15-9-7-6-8-10-15;1-23-19-12-8-17(9-13-19)21(22,16-6-4-3-5-7-16)18-10-14-20(24-2)15-11-18;2*1-6-11-12(19)13(23-10(4)9(3)22-5)15(24-11)18-7-8(2)14(20)17-16(18)21;1-7-5-17(15(21)16-13(7)20)14-12(11(19)10(6-18)24-14)23-9(3)8(2)22-4;/h6-14,16,18-19,21,26H,5H2,1-4H3,(H,23,24,27,28);3-15H,1-2H3;2*7,9-13,15,19H,6H2,1-5H3,(H,17,20,21);5,8-12,14,18-19H,6H2,1-4H3,(H,16,20,21);1H4/t14-,16-,18?,19+,21-;;2*9-,10+,11+,12?,13-,15+;8-,9+,10+,11?,12-,14+;/m1.000./s1. The van der Waals surface area contributed by atoms with Crippen molar-refractivity contribution >= 4 is 23.3 Å². The van der Waals surface area contributed by atoms with Crippen molar-refractivity contribution in [1.82, 2.24) is 38.2 Å². The number of hydrogen-bond donors (Lipinski definition) is 9. The number of aromatic nitrogens is 8. The average Bonchev–Trinajstić information content (AvgIpc) is 1.73. The molecule has 4 aliphatic rings. The Kier molecular flexibility index (Phi) is 39.7. The maximum Gasteiger partial charge on any atom is 0.351 e. The van der Waals surface area contributed by atoms with E-state index in [0.29, 0.717) is 41.5 Å². The Morgan fingerprint density at radius 1 is 0.449 bits per heavy atom. The number of amides is 1. The molecule has 1 amide bonds. The number of aliphatic hydroxyl groups is 5. The number of hydrogen-bond acceptors (Lipinski definition) is 27. The van der Waals surface area contributed by atoms with E-state index < -0.39 is 155 Å². The minimum absolute atomic E-state index is 0. The second kappa shape index (κ2) is 48.2. The first kappa shape index (κ1) is 105. The summed E-state index contributed by atoms with van der Waals surface area (Å²) in [6.07, 6.45) is -6.85. The number of halogens is 1. The summed E-state index contributed by atoms with van der Waals surface area (Å²) in [5, 5.41) is 54.0. The van der Waals surface area contributed by atoms with Gasteiger partial charge in [-0.1, -0.05) is 115 Å². The second-order valence-corrected chi connectivity index (χ2v) is 32.2. The summed E-state index contributed by atoms with van der Waals surface area (Å²) in [6, 6.07) is 36.0. The zero-order valence-electron chi connectivity index (χ0n) is 74.9. The molecule has 4 aromatic heterocycles. The molecule has 4 fully saturated rings. The number of methoxy groups -OCH3 is 5. The first-order valence-electron chi connectivity index (χ1n) is 42.0. The molecule has 127 heavy (non-hydrogen) atoms. The molecule has 35 nitrogen and oxygen atoms in total. The summed E-state index contributed by atoms with van der Waals surface area (Å²) < 4.78 is 78.2. The van der Waals surface area contributed by atoms with Crippen LogP contribution in [0, 0.1) is 26.7 Å². The predicted molar refractivity (Wildman–Crippen MR) is 475 cm³/mol. The smallest absolute Gasteiger partial charge is 0.351 e. The van der Waals surface area contributed by atoms with Crippen molar-refractivity contribution in [3.63, 3.8) is 0 Å². The maximum atomic E-state index is 12.7. The van der Waals surface area contributed by atoms with E-state index >= 15 is 0 Å². The monoisotopic (exact) mass is 1800 g/mol. The molecule has 4 saturated heterocycles. The summed E-state index contributed by atoms with van der Waals surface area (Å²) in [5.41, 5.74) is 0.682. The molecule has 12 rings (SSSR count). The molecule has 0 bridgehead atoms. The fourth-order valence-electron chi connectivity index (χ4n) is 14.2. The molecular weight excluding hydrogens is 1670 g/mol. The van der Waals surface area contributed by atoms with Gasteiger partial charge < -0.3 is 92.4 Å². The first-order chi connectivity index (χ1) is 59.9. The van der Waals surface area contributed by atoms with Gasteiger partial charge in [-0.15, -0.1) is 11.6 Å². The molecule has 700 valence electrons. The van der Waals surface area contributed by atoms with Gasteiger partial charge in [0.15, 0.2) is 24.9 Å². The zero-order chi connectivity index (χ0) is 92.9. The lowest BCUT2D eigenvalue weighted by atomic mass is 9.84. The number of rotatable bonds is 30. The fraction of sp³-hybridized carbons (Fsp3) is 0.549.